The van der Waals surface area contributed by atoms with Crippen LogP contribution in [0.2, 0.25) is 0 Å². The van der Waals surface area contributed by atoms with E-state index >= 15 is 0 Å². The van der Waals surface area contributed by atoms with Gasteiger partial charge >= 0.3 is 0 Å². The summed E-state index contributed by atoms with van der Waals surface area (Å²) in [7, 11) is 0. The fourth-order valence-corrected chi connectivity index (χ4v) is 2.87. The molecule has 3 rings (SSSR count). The van der Waals surface area contributed by atoms with Crippen LogP contribution in [0.25, 0.3) is 0 Å². The van der Waals surface area contributed by atoms with E-state index in [0.717, 1.165) is 31.5 Å². The first kappa shape index (κ1) is 11.9. The predicted molar refractivity (Wildman–Crippen MR) is 69.1 cm³/mol. The van der Waals surface area contributed by atoms with Crippen molar-refractivity contribution in [2.75, 3.05) is 18.0 Å². The van der Waals surface area contributed by atoms with Gasteiger partial charge in [-0.2, -0.15) is 0 Å². The highest BCUT2D eigenvalue weighted by molar-refractivity contribution is 5.50. The van der Waals surface area contributed by atoms with Crippen LogP contribution in [-0.4, -0.2) is 25.3 Å². The quantitative estimate of drug-likeness (QED) is 0.874. The number of nitrogens with zero attached hydrogens (tertiary/aromatic N) is 1. The minimum atomic E-state index is -0.175. The number of anilines is 1. The number of nitrogens with two attached hydrogens (primary N) is 1. The highest BCUT2D eigenvalue weighted by atomic mass is 19.1. The molecule has 2 bridgehead atoms. The molecule has 0 saturated carbocycles. The molecule has 1 aromatic carbocycles. The lowest BCUT2D eigenvalue weighted by molar-refractivity contribution is 0.0303. The molecule has 0 aromatic heterocycles. The van der Waals surface area contributed by atoms with Crippen LogP contribution in [0, 0.1) is 5.82 Å². The molecule has 2 aliphatic rings. The molecule has 0 radical (unpaired) electrons. The normalized spacial score (nSPS) is 28.5. The van der Waals surface area contributed by atoms with Crippen molar-refractivity contribution in [3.8, 4) is 0 Å². The van der Waals surface area contributed by atoms with Gasteiger partial charge in [-0.05, 0) is 37.5 Å². The third-order valence-electron chi connectivity index (χ3n) is 3.88. The molecule has 2 fully saturated rings. The van der Waals surface area contributed by atoms with Crippen LogP contribution in [0.5, 0.6) is 0 Å². The SMILES string of the molecule is CC(N)c1ccc(N2CC3CCC(C2)O3)c(F)c1. The zero-order chi connectivity index (χ0) is 12.7. The van der Waals surface area contributed by atoms with Gasteiger partial charge in [-0.15, -0.1) is 0 Å². The van der Waals surface area contributed by atoms with Crippen molar-refractivity contribution in [2.24, 2.45) is 5.73 Å². The predicted octanol–water partition coefficient (Wildman–Crippen LogP) is 2.21. The molecule has 0 amide bonds. The Hall–Kier alpha value is -1.13. The van der Waals surface area contributed by atoms with Gasteiger partial charge in [0.2, 0.25) is 0 Å². The summed E-state index contributed by atoms with van der Waals surface area (Å²) in [4.78, 5) is 2.10. The standard InChI is InChI=1S/C14H19FN2O/c1-9(16)10-2-5-14(13(15)6-10)17-7-11-3-4-12(8-17)18-11/h2,5-6,9,11-12H,3-4,7-8,16H2,1H3. The van der Waals surface area contributed by atoms with Gasteiger partial charge in [0, 0.05) is 19.1 Å². The lowest BCUT2D eigenvalue weighted by Gasteiger charge is -2.34. The Labute approximate surface area is 107 Å². The molecule has 98 valence electrons. The zero-order valence-corrected chi connectivity index (χ0v) is 10.6. The Balaban J connectivity index is 1.84. The van der Waals surface area contributed by atoms with Crippen LogP contribution in [0.1, 0.15) is 31.4 Å². The number of halogens is 1. The lowest BCUT2D eigenvalue weighted by atomic mass is 10.1. The molecule has 3 unspecified atom stereocenters. The molecule has 1 aromatic rings. The third kappa shape index (κ3) is 2.10. The largest absolute Gasteiger partial charge is 0.371 e. The number of benzene rings is 1. The smallest absolute Gasteiger partial charge is 0.146 e. The summed E-state index contributed by atoms with van der Waals surface area (Å²) in [6.07, 6.45) is 2.74. The van der Waals surface area contributed by atoms with Crippen LogP contribution in [0.15, 0.2) is 18.2 Å². The van der Waals surface area contributed by atoms with E-state index in [2.05, 4.69) is 4.90 Å². The summed E-state index contributed by atoms with van der Waals surface area (Å²) < 4.78 is 19.9. The first-order valence-electron chi connectivity index (χ1n) is 6.59. The molecule has 2 N–H and O–H groups in total. The van der Waals surface area contributed by atoms with Crippen molar-refractivity contribution in [1.82, 2.24) is 0 Å². The molecule has 0 aliphatic carbocycles. The van der Waals surface area contributed by atoms with Crippen molar-refractivity contribution in [1.29, 1.82) is 0 Å². The summed E-state index contributed by atoms with van der Waals surface area (Å²) in [6.45, 7) is 3.46. The second-order valence-electron chi connectivity index (χ2n) is 5.36. The van der Waals surface area contributed by atoms with Crippen LogP contribution in [0.4, 0.5) is 10.1 Å². The number of morpholine rings is 1. The molecule has 0 spiro atoms. The topological polar surface area (TPSA) is 38.5 Å². The maximum absolute atomic E-state index is 14.1. The van der Waals surface area contributed by atoms with Crippen LogP contribution < -0.4 is 10.6 Å². The van der Waals surface area contributed by atoms with E-state index in [0.29, 0.717) is 5.69 Å². The highest BCUT2D eigenvalue weighted by Crippen LogP contribution is 2.31. The van der Waals surface area contributed by atoms with E-state index in [-0.39, 0.29) is 24.1 Å². The van der Waals surface area contributed by atoms with Gasteiger partial charge in [-0.1, -0.05) is 6.07 Å². The lowest BCUT2D eigenvalue weighted by Crippen LogP contribution is -2.43. The van der Waals surface area contributed by atoms with Gasteiger partial charge in [0.05, 0.1) is 17.9 Å². The number of fused-ring (bicyclic) bond motifs is 2. The minimum Gasteiger partial charge on any atom is -0.371 e. The zero-order valence-electron chi connectivity index (χ0n) is 10.6. The summed E-state index contributed by atoms with van der Waals surface area (Å²) in [5, 5.41) is 0. The fraction of sp³-hybridized carbons (Fsp3) is 0.571. The van der Waals surface area contributed by atoms with Gasteiger partial charge in [0.15, 0.2) is 0 Å². The average molecular weight is 250 g/mol. The fourth-order valence-electron chi connectivity index (χ4n) is 2.87. The Morgan fingerprint density at radius 1 is 1.33 bits per heavy atom. The Kier molecular flexibility index (Phi) is 2.99. The molecule has 4 heteroatoms. The molecule has 18 heavy (non-hydrogen) atoms. The first-order chi connectivity index (χ1) is 8.63. The van der Waals surface area contributed by atoms with Gasteiger partial charge in [-0.3, -0.25) is 0 Å². The summed E-state index contributed by atoms with van der Waals surface area (Å²) in [5.74, 6) is -0.175. The van der Waals surface area contributed by atoms with E-state index < -0.39 is 0 Å². The van der Waals surface area contributed by atoms with E-state index in [9.17, 15) is 4.39 Å². The maximum atomic E-state index is 14.1. The van der Waals surface area contributed by atoms with Gasteiger partial charge in [0.25, 0.3) is 0 Å². The first-order valence-corrected chi connectivity index (χ1v) is 6.59. The minimum absolute atomic E-state index is 0.130. The molecule has 2 saturated heterocycles. The molecule has 2 aliphatic heterocycles. The van der Waals surface area contributed by atoms with Gasteiger partial charge in [-0.25, -0.2) is 4.39 Å². The second kappa shape index (κ2) is 4.52. The summed E-state index contributed by atoms with van der Waals surface area (Å²) in [5.41, 5.74) is 7.29. The van der Waals surface area contributed by atoms with Gasteiger partial charge < -0.3 is 15.4 Å². The highest BCUT2D eigenvalue weighted by Gasteiger charge is 2.34. The van der Waals surface area contributed by atoms with Crippen LogP contribution in [-0.2, 0) is 4.74 Å². The molecule has 3 atom stereocenters. The number of hydrogen-bond donors (Lipinski definition) is 1. The van der Waals surface area contributed by atoms with E-state index in [1.165, 1.54) is 0 Å². The Morgan fingerprint density at radius 2 is 2.00 bits per heavy atom. The molecule has 3 nitrogen and oxygen atoms in total. The van der Waals surface area contributed by atoms with Crippen LogP contribution in [0.3, 0.4) is 0 Å². The monoisotopic (exact) mass is 250 g/mol. The van der Waals surface area contributed by atoms with Crippen molar-refractivity contribution in [3.05, 3.63) is 29.6 Å². The third-order valence-corrected chi connectivity index (χ3v) is 3.88. The van der Waals surface area contributed by atoms with E-state index in [1.807, 2.05) is 19.1 Å². The van der Waals surface area contributed by atoms with Crippen molar-refractivity contribution in [3.63, 3.8) is 0 Å². The molecular weight excluding hydrogens is 231 g/mol. The van der Waals surface area contributed by atoms with E-state index in [4.69, 9.17) is 10.5 Å². The van der Waals surface area contributed by atoms with Crippen molar-refractivity contribution >= 4 is 5.69 Å². The number of ether oxygens (including phenoxy) is 1. The number of hydrogen-bond acceptors (Lipinski definition) is 3. The summed E-state index contributed by atoms with van der Waals surface area (Å²) >= 11 is 0. The van der Waals surface area contributed by atoms with Crippen molar-refractivity contribution < 1.29 is 9.13 Å². The Bertz CT molecular complexity index is 437. The van der Waals surface area contributed by atoms with E-state index in [1.54, 1.807) is 6.07 Å². The average Bonchev–Trinajstić information content (AvgIpc) is 2.68. The molecular formula is C14H19FN2O. The molecule has 2 heterocycles. The van der Waals surface area contributed by atoms with Gasteiger partial charge in [0.1, 0.15) is 5.82 Å². The Morgan fingerprint density at radius 3 is 2.56 bits per heavy atom. The number of rotatable bonds is 2. The van der Waals surface area contributed by atoms with Crippen molar-refractivity contribution in [2.45, 2.75) is 38.0 Å². The second-order valence-corrected chi connectivity index (χ2v) is 5.36. The maximum Gasteiger partial charge on any atom is 0.146 e. The summed E-state index contributed by atoms with van der Waals surface area (Å²) in [6, 6.07) is 5.19. The van der Waals surface area contributed by atoms with Crippen LogP contribution >= 0.6 is 0 Å².